The lowest BCUT2D eigenvalue weighted by molar-refractivity contribution is 0.630. The summed E-state index contributed by atoms with van der Waals surface area (Å²) in [6.45, 7) is 3.14. The maximum absolute atomic E-state index is 5.46. The highest BCUT2D eigenvalue weighted by Crippen LogP contribution is 2.25. The van der Waals surface area contributed by atoms with Gasteiger partial charge in [-0.25, -0.2) is 10.5 Å². The highest BCUT2D eigenvalue weighted by molar-refractivity contribution is 5.41. The molecule has 0 amide bonds. The van der Waals surface area contributed by atoms with Gasteiger partial charge in [0.25, 0.3) is 5.95 Å². The smallest absolute Gasteiger partial charge is 0.257 e. The van der Waals surface area contributed by atoms with Crippen LogP contribution in [-0.4, -0.2) is 37.3 Å². The molecule has 0 radical (unpaired) electrons. The van der Waals surface area contributed by atoms with Crippen LogP contribution in [0.1, 0.15) is 26.2 Å². The molecule has 0 aliphatic carbocycles. The van der Waals surface area contributed by atoms with Gasteiger partial charge in [0, 0.05) is 25.0 Å². The predicted octanol–water partition coefficient (Wildman–Crippen LogP) is 0.722. The summed E-state index contributed by atoms with van der Waals surface area (Å²) in [6, 6.07) is 2.30. The van der Waals surface area contributed by atoms with Gasteiger partial charge in [-0.15, -0.1) is 0 Å². The Hall–Kier alpha value is -2.22. The standard InChI is InChI=1S/C12H18N8/c1-2-9-5-3-7-19(9)11-15-10(18-13)16-12(17-11)20-8-4-6-14-20/h4,6,8-9H,2-3,5,7,13H2,1H3,(H,15,16,17,18). The molecule has 0 spiro atoms. The van der Waals surface area contributed by atoms with Crippen LogP contribution < -0.4 is 16.2 Å². The Balaban J connectivity index is 2.00. The topological polar surface area (TPSA) is 97.8 Å². The fraction of sp³-hybridized carbons (Fsp3) is 0.500. The molecule has 3 N–H and O–H groups in total. The molecular weight excluding hydrogens is 256 g/mol. The summed E-state index contributed by atoms with van der Waals surface area (Å²) in [4.78, 5) is 15.3. The van der Waals surface area contributed by atoms with Gasteiger partial charge in [0.15, 0.2) is 0 Å². The molecule has 20 heavy (non-hydrogen) atoms. The van der Waals surface area contributed by atoms with E-state index in [0.717, 1.165) is 19.4 Å². The van der Waals surface area contributed by atoms with Crippen molar-refractivity contribution in [3.63, 3.8) is 0 Å². The van der Waals surface area contributed by atoms with Crippen molar-refractivity contribution in [3.05, 3.63) is 18.5 Å². The maximum Gasteiger partial charge on any atom is 0.257 e. The molecule has 0 aromatic carbocycles. The van der Waals surface area contributed by atoms with Crippen molar-refractivity contribution >= 4 is 11.9 Å². The van der Waals surface area contributed by atoms with Crippen molar-refractivity contribution in [2.24, 2.45) is 5.84 Å². The second-order valence-electron chi connectivity index (χ2n) is 4.75. The summed E-state index contributed by atoms with van der Waals surface area (Å²) in [5.41, 5.74) is 2.50. The number of nitrogen functional groups attached to an aromatic ring is 1. The van der Waals surface area contributed by atoms with E-state index in [0.29, 0.717) is 23.9 Å². The first-order chi connectivity index (χ1) is 9.81. The van der Waals surface area contributed by atoms with Crippen LogP contribution in [-0.2, 0) is 0 Å². The molecule has 8 heteroatoms. The summed E-state index contributed by atoms with van der Waals surface area (Å²) in [6.07, 6.45) is 6.88. The Labute approximate surface area is 117 Å². The SMILES string of the molecule is CCC1CCCN1c1nc(NN)nc(-n2cccn2)n1. The number of nitrogens with zero attached hydrogens (tertiary/aromatic N) is 6. The van der Waals surface area contributed by atoms with Gasteiger partial charge >= 0.3 is 0 Å². The minimum Gasteiger partial charge on any atom is -0.338 e. The average molecular weight is 274 g/mol. The van der Waals surface area contributed by atoms with E-state index < -0.39 is 0 Å². The maximum atomic E-state index is 5.46. The van der Waals surface area contributed by atoms with Gasteiger partial charge in [0.1, 0.15) is 0 Å². The number of hydrogen-bond acceptors (Lipinski definition) is 7. The third kappa shape index (κ3) is 2.29. The Morgan fingerprint density at radius 1 is 1.35 bits per heavy atom. The van der Waals surface area contributed by atoms with Gasteiger partial charge < -0.3 is 4.90 Å². The molecule has 1 fully saturated rings. The van der Waals surface area contributed by atoms with E-state index in [1.165, 1.54) is 6.42 Å². The third-order valence-corrected chi connectivity index (χ3v) is 3.56. The fourth-order valence-electron chi connectivity index (χ4n) is 2.56. The van der Waals surface area contributed by atoms with Crippen LogP contribution in [0.3, 0.4) is 0 Å². The molecule has 2 aromatic heterocycles. The minimum absolute atomic E-state index is 0.349. The number of rotatable bonds is 4. The number of nitrogens with one attached hydrogen (secondary N) is 1. The van der Waals surface area contributed by atoms with Crippen molar-refractivity contribution in [2.45, 2.75) is 32.2 Å². The molecule has 1 aliphatic heterocycles. The van der Waals surface area contributed by atoms with Crippen LogP contribution >= 0.6 is 0 Å². The van der Waals surface area contributed by atoms with Gasteiger partial charge in [-0.2, -0.15) is 20.1 Å². The summed E-state index contributed by atoms with van der Waals surface area (Å²) >= 11 is 0. The van der Waals surface area contributed by atoms with Crippen molar-refractivity contribution in [2.75, 3.05) is 16.9 Å². The van der Waals surface area contributed by atoms with Crippen LogP contribution in [0.4, 0.5) is 11.9 Å². The van der Waals surface area contributed by atoms with Crippen LogP contribution in [0.2, 0.25) is 0 Å². The van der Waals surface area contributed by atoms with Crippen molar-refractivity contribution in [1.29, 1.82) is 0 Å². The Morgan fingerprint density at radius 3 is 2.90 bits per heavy atom. The monoisotopic (exact) mass is 274 g/mol. The zero-order valence-corrected chi connectivity index (χ0v) is 11.4. The van der Waals surface area contributed by atoms with E-state index in [4.69, 9.17) is 5.84 Å². The third-order valence-electron chi connectivity index (χ3n) is 3.56. The lowest BCUT2D eigenvalue weighted by atomic mass is 10.2. The van der Waals surface area contributed by atoms with Gasteiger partial charge in [-0.05, 0) is 25.3 Å². The minimum atomic E-state index is 0.349. The zero-order chi connectivity index (χ0) is 13.9. The zero-order valence-electron chi connectivity index (χ0n) is 11.4. The Bertz CT molecular complexity index is 567. The number of anilines is 2. The molecule has 1 saturated heterocycles. The molecule has 106 valence electrons. The van der Waals surface area contributed by atoms with E-state index in [1.807, 2.05) is 6.07 Å². The number of nitrogens with two attached hydrogens (primary N) is 1. The molecule has 0 bridgehead atoms. The molecule has 1 atom stereocenters. The predicted molar refractivity (Wildman–Crippen MR) is 75.4 cm³/mol. The number of aromatic nitrogens is 5. The van der Waals surface area contributed by atoms with E-state index >= 15 is 0 Å². The lowest BCUT2D eigenvalue weighted by Crippen LogP contribution is -2.31. The Kier molecular flexibility index (Phi) is 3.46. The van der Waals surface area contributed by atoms with Gasteiger partial charge in [-0.1, -0.05) is 6.92 Å². The highest BCUT2D eigenvalue weighted by Gasteiger charge is 2.26. The fourth-order valence-corrected chi connectivity index (χ4v) is 2.56. The second kappa shape index (κ2) is 5.41. The van der Waals surface area contributed by atoms with Crippen molar-refractivity contribution < 1.29 is 0 Å². The lowest BCUT2D eigenvalue weighted by Gasteiger charge is -2.23. The van der Waals surface area contributed by atoms with Gasteiger partial charge in [0.2, 0.25) is 11.9 Å². The largest absolute Gasteiger partial charge is 0.338 e. The van der Waals surface area contributed by atoms with Crippen LogP contribution in [0.25, 0.3) is 5.95 Å². The van der Waals surface area contributed by atoms with Crippen molar-refractivity contribution in [3.8, 4) is 5.95 Å². The van der Waals surface area contributed by atoms with E-state index in [2.05, 4.69) is 37.3 Å². The van der Waals surface area contributed by atoms with E-state index in [1.54, 1.807) is 17.1 Å². The van der Waals surface area contributed by atoms with E-state index in [-0.39, 0.29) is 0 Å². The average Bonchev–Trinajstić information content (AvgIpc) is 3.17. The summed E-state index contributed by atoms with van der Waals surface area (Å²) in [7, 11) is 0. The first-order valence-electron chi connectivity index (χ1n) is 6.81. The number of hydrazine groups is 1. The second-order valence-corrected chi connectivity index (χ2v) is 4.75. The van der Waals surface area contributed by atoms with E-state index in [9.17, 15) is 0 Å². The molecule has 3 heterocycles. The molecule has 1 aliphatic rings. The van der Waals surface area contributed by atoms with Gasteiger partial charge in [-0.3, -0.25) is 5.43 Å². The summed E-state index contributed by atoms with van der Waals surface area (Å²) in [5.74, 6) is 6.93. The molecule has 1 unspecified atom stereocenters. The summed E-state index contributed by atoms with van der Waals surface area (Å²) < 4.78 is 1.60. The van der Waals surface area contributed by atoms with Crippen molar-refractivity contribution in [1.82, 2.24) is 24.7 Å². The Morgan fingerprint density at radius 2 is 2.20 bits per heavy atom. The van der Waals surface area contributed by atoms with Crippen LogP contribution in [0.15, 0.2) is 18.5 Å². The normalized spacial score (nSPS) is 18.5. The molecular formula is C12H18N8. The summed E-state index contributed by atoms with van der Waals surface area (Å²) in [5, 5.41) is 4.15. The number of hydrogen-bond donors (Lipinski definition) is 2. The highest BCUT2D eigenvalue weighted by atomic mass is 15.4. The quantitative estimate of drug-likeness (QED) is 0.626. The first kappa shape index (κ1) is 12.8. The van der Waals surface area contributed by atoms with Crippen LogP contribution in [0, 0.1) is 0 Å². The van der Waals surface area contributed by atoms with Crippen LogP contribution in [0.5, 0.6) is 0 Å². The molecule has 2 aromatic rings. The molecule has 0 saturated carbocycles. The molecule has 3 rings (SSSR count). The molecule has 8 nitrogen and oxygen atoms in total. The first-order valence-corrected chi connectivity index (χ1v) is 6.81. The van der Waals surface area contributed by atoms with Gasteiger partial charge in [0.05, 0.1) is 0 Å².